The predicted molar refractivity (Wildman–Crippen MR) is 75.1 cm³/mol. The molecule has 0 aliphatic carbocycles. The van der Waals surface area contributed by atoms with Gasteiger partial charge in [-0.05, 0) is 44.2 Å². The summed E-state index contributed by atoms with van der Waals surface area (Å²) in [6.45, 7) is 3.92. The highest BCUT2D eigenvalue weighted by Crippen LogP contribution is 2.12. The molecule has 0 bridgehead atoms. The second-order valence-electron chi connectivity index (χ2n) is 4.69. The zero-order chi connectivity index (χ0) is 15.4. The van der Waals surface area contributed by atoms with Crippen LogP contribution in [0.4, 0.5) is 20.4 Å². The zero-order valence-corrected chi connectivity index (χ0v) is 11.5. The molecule has 1 aromatic heterocycles. The molecule has 21 heavy (non-hydrogen) atoms. The number of carbonyl (C=O) groups excluding carboxylic acids is 1. The van der Waals surface area contributed by atoms with Crippen LogP contribution in [0.3, 0.4) is 0 Å². The van der Waals surface area contributed by atoms with E-state index in [-0.39, 0.29) is 17.4 Å². The lowest BCUT2D eigenvalue weighted by atomic mass is 10.2. The van der Waals surface area contributed by atoms with E-state index in [0.717, 1.165) is 12.1 Å². The van der Waals surface area contributed by atoms with Crippen LogP contribution in [0.1, 0.15) is 24.2 Å². The van der Waals surface area contributed by atoms with Crippen molar-refractivity contribution in [3.8, 4) is 0 Å². The van der Waals surface area contributed by atoms with Crippen molar-refractivity contribution < 1.29 is 13.6 Å². The standard InChI is InChI=1S/C14H14F2N4O/c1-8(2)17-12-5-6-13(20-19-12)18-14(21)9-3-4-10(15)11(16)7-9/h3-8H,1-2H3,(H,17,19)(H,18,20,21). The molecule has 5 nitrogen and oxygen atoms in total. The van der Waals surface area contributed by atoms with Gasteiger partial charge in [-0.3, -0.25) is 4.79 Å². The predicted octanol–water partition coefficient (Wildman–Crippen LogP) is 2.83. The molecule has 0 saturated heterocycles. The molecular formula is C14H14F2N4O. The Hall–Kier alpha value is -2.57. The Balaban J connectivity index is 2.06. The maximum atomic E-state index is 13.1. The number of nitrogens with one attached hydrogen (secondary N) is 2. The number of halogens is 2. The molecule has 0 radical (unpaired) electrons. The van der Waals surface area contributed by atoms with Gasteiger partial charge in [0.25, 0.3) is 5.91 Å². The van der Waals surface area contributed by atoms with E-state index in [1.54, 1.807) is 12.1 Å². The van der Waals surface area contributed by atoms with Gasteiger partial charge in [-0.1, -0.05) is 0 Å². The number of amides is 1. The Morgan fingerprint density at radius 2 is 1.71 bits per heavy atom. The van der Waals surface area contributed by atoms with Crippen molar-refractivity contribution in [1.29, 1.82) is 0 Å². The highest BCUT2D eigenvalue weighted by molar-refractivity contribution is 6.03. The fourth-order valence-corrected chi connectivity index (χ4v) is 1.60. The lowest BCUT2D eigenvalue weighted by Crippen LogP contribution is -2.15. The summed E-state index contributed by atoms with van der Waals surface area (Å²) in [5.74, 6) is -1.87. The normalized spacial score (nSPS) is 10.5. The summed E-state index contributed by atoms with van der Waals surface area (Å²) in [6, 6.07) is 6.35. The summed E-state index contributed by atoms with van der Waals surface area (Å²) in [5, 5.41) is 13.2. The van der Waals surface area contributed by atoms with Crippen molar-refractivity contribution in [2.45, 2.75) is 19.9 Å². The minimum absolute atomic E-state index is 0.0000759. The largest absolute Gasteiger partial charge is 0.366 e. The van der Waals surface area contributed by atoms with Crippen molar-refractivity contribution >= 4 is 17.5 Å². The Kier molecular flexibility index (Phi) is 4.42. The van der Waals surface area contributed by atoms with Crippen LogP contribution in [-0.2, 0) is 0 Å². The van der Waals surface area contributed by atoms with Gasteiger partial charge in [-0.15, -0.1) is 10.2 Å². The average Bonchev–Trinajstić information content (AvgIpc) is 2.43. The first-order chi connectivity index (χ1) is 9.95. The summed E-state index contributed by atoms with van der Waals surface area (Å²) in [4.78, 5) is 11.9. The number of benzene rings is 1. The molecular weight excluding hydrogens is 278 g/mol. The Morgan fingerprint density at radius 1 is 1.05 bits per heavy atom. The van der Waals surface area contributed by atoms with Crippen LogP contribution in [0, 0.1) is 11.6 Å². The highest BCUT2D eigenvalue weighted by atomic mass is 19.2. The Bertz CT molecular complexity index is 644. The molecule has 0 aliphatic heterocycles. The van der Waals surface area contributed by atoms with Crippen LogP contribution in [-0.4, -0.2) is 22.1 Å². The third-order valence-corrected chi connectivity index (χ3v) is 2.52. The third-order valence-electron chi connectivity index (χ3n) is 2.52. The van der Waals surface area contributed by atoms with Crippen LogP contribution in [0.2, 0.25) is 0 Å². The summed E-state index contributed by atoms with van der Waals surface area (Å²) < 4.78 is 25.9. The van der Waals surface area contributed by atoms with Gasteiger partial charge in [0, 0.05) is 11.6 Å². The van der Waals surface area contributed by atoms with Crippen LogP contribution in [0.25, 0.3) is 0 Å². The molecule has 0 atom stereocenters. The van der Waals surface area contributed by atoms with Gasteiger partial charge in [0.2, 0.25) is 0 Å². The van der Waals surface area contributed by atoms with Crippen LogP contribution < -0.4 is 10.6 Å². The lowest BCUT2D eigenvalue weighted by molar-refractivity contribution is 0.102. The first-order valence-corrected chi connectivity index (χ1v) is 6.32. The van der Waals surface area contributed by atoms with Gasteiger partial charge in [0.15, 0.2) is 17.5 Å². The maximum absolute atomic E-state index is 13.1. The minimum atomic E-state index is -1.08. The van der Waals surface area contributed by atoms with Crippen molar-refractivity contribution in [3.63, 3.8) is 0 Å². The van der Waals surface area contributed by atoms with E-state index in [1.807, 2.05) is 13.8 Å². The number of nitrogens with zero attached hydrogens (tertiary/aromatic N) is 2. The number of hydrogen-bond acceptors (Lipinski definition) is 4. The molecule has 2 rings (SSSR count). The SMILES string of the molecule is CC(C)Nc1ccc(NC(=O)c2ccc(F)c(F)c2)nn1. The molecule has 1 heterocycles. The first kappa shape index (κ1) is 14.8. The third kappa shape index (κ3) is 3.95. The Labute approximate surface area is 120 Å². The van der Waals surface area contributed by atoms with Gasteiger partial charge in [-0.2, -0.15) is 0 Å². The van der Waals surface area contributed by atoms with Gasteiger partial charge in [0.1, 0.15) is 5.82 Å². The van der Waals surface area contributed by atoms with E-state index in [4.69, 9.17) is 0 Å². The van der Waals surface area contributed by atoms with E-state index < -0.39 is 17.5 Å². The first-order valence-electron chi connectivity index (χ1n) is 6.32. The van der Waals surface area contributed by atoms with Gasteiger partial charge in [-0.25, -0.2) is 8.78 Å². The Morgan fingerprint density at radius 3 is 2.29 bits per heavy atom. The topological polar surface area (TPSA) is 66.9 Å². The van der Waals surface area contributed by atoms with E-state index in [2.05, 4.69) is 20.8 Å². The van der Waals surface area contributed by atoms with Gasteiger partial charge in [0.05, 0.1) is 0 Å². The average molecular weight is 292 g/mol. The molecule has 2 N–H and O–H groups in total. The summed E-state index contributed by atoms with van der Waals surface area (Å²) in [7, 11) is 0. The molecule has 0 unspecified atom stereocenters. The quantitative estimate of drug-likeness (QED) is 0.909. The molecule has 0 saturated carbocycles. The van der Waals surface area contributed by atoms with Crippen LogP contribution >= 0.6 is 0 Å². The fraction of sp³-hybridized carbons (Fsp3) is 0.214. The second-order valence-corrected chi connectivity index (χ2v) is 4.69. The molecule has 0 spiro atoms. The molecule has 110 valence electrons. The summed E-state index contributed by atoms with van der Waals surface area (Å²) in [6.07, 6.45) is 0. The summed E-state index contributed by atoms with van der Waals surface area (Å²) in [5.41, 5.74) is 0.0000759. The monoisotopic (exact) mass is 292 g/mol. The van der Waals surface area contributed by atoms with Crippen LogP contribution in [0.5, 0.6) is 0 Å². The van der Waals surface area contributed by atoms with E-state index in [9.17, 15) is 13.6 Å². The number of anilines is 2. The van der Waals surface area contributed by atoms with E-state index in [0.29, 0.717) is 5.82 Å². The smallest absolute Gasteiger partial charge is 0.256 e. The van der Waals surface area contributed by atoms with Crippen LogP contribution in [0.15, 0.2) is 30.3 Å². The molecule has 2 aromatic rings. The molecule has 1 aromatic carbocycles. The highest BCUT2D eigenvalue weighted by Gasteiger charge is 2.10. The van der Waals surface area contributed by atoms with E-state index >= 15 is 0 Å². The lowest BCUT2D eigenvalue weighted by Gasteiger charge is -2.09. The molecule has 1 amide bonds. The number of carbonyl (C=O) groups is 1. The minimum Gasteiger partial charge on any atom is -0.366 e. The van der Waals surface area contributed by atoms with Crippen molar-refractivity contribution in [2.75, 3.05) is 10.6 Å². The molecule has 7 heteroatoms. The molecule has 0 aliphatic rings. The second kappa shape index (κ2) is 6.25. The number of hydrogen-bond donors (Lipinski definition) is 2. The maximum Gasteiger partial charge on any atom is 0.256 e. The fourth-order valence-electron chi connectivity index (χ4n) is 1.60. The van der Waals surface area contributed by atoms with Crippen molar-refractivity contribution in [2.24, 2.45) is 0 Å². The zero-order valence-electron chi connectivity index (χ0n) is 11.5. The number of rotatable bonds is 4. The molecule has 0 fully saturated rings. The number of aromatic nitrogens is 2. The van der Waals surface area contributed by atoms with Gasteiger partial charge >= 0.3 is 0 Å². The summed E-state index contributed by atoms with van der Waals surface area (Å²) >= 11 is 0. The van der Waals surface area contributed by atoms with Crippen molar-refractivity contribution in [1.82, 2.24) is 10.2 Å². The van der Waals surface area contributed by atoms with Gasteiger partial charge < -0.3 is 10.6 Å². The van der Waals surface area contributed by atoms with E-state index in [1.165, 1.54) is 6.07 Å². The van der Waals surface area contributed by atoms with Crippen molar-refractivity contribution in [3.05, 3.63) is 47.5 Å².